The third kappa shape index (κ3) is 3.48. The molecule has 124 valence electrons. The molecule has 0 aliphatic heterocycles. The summed E-state index contributed by atoms with van der Waals surface area (Å²) in [4.78, 5) is 25.0. The van der Waals surface area contributed by atoms with Gasteiger partial charge in [0.05, 0.1) is 0 Å². The van der Waals surface area contributed by atoms with Gasteiger partial charge >= 0.3 is 0 Å². The molecular weight excluding hydrogens is 300 g/mol. The number of anilines is 1. The van der Waals surface area contributed by atoms with Crippen LogP contribution in [0, 0.1) is 12.3 Å². The maximum atomic E-state index is 12.6. The highest BCUT2D eigenvalue weighted by molar-refractivity contribution is 6.13. The van der Waals surface area contributed by atoms with Crippen molar-refractivity contribution in [3.05, 3.63) is 65.7 Å². The lowest BCUT2D eigenvalue weighted by molar-refractivity contribution is -0.134. The molecule has 1 fully saturated rings. The monoisotopic (exact) mass is 322 g/mol. The van der Waals surface area contributed by atoms with Gasteiger partial charge in [-0.05, 0) is 43.4 Å². The Balaban J connectivity index is 1.56. The molecule has 0 spiro atoms. The quantitative estimate of drug-likeness (QED) is 0.803. The number of hydrogen-bond donors (Lipinski definition) is 2. The van der Waals surface area contributed by atoms with Crippen LogP contribution in [0.3, 0.4) is 0 Å². The molecule has 4 heteroatoms. The molecule has 3 rings (SSSR count). The fourth-order valence-corrected chi connectivity index (χ4v) is 2.77. The van der Waals surface area contributed by atoms with Gasteiger partial charge in [-0.2, -0.15) is 0 Å². The first-order chi connectivity index (χ1) is 11.6. The van der Waals surface area contributed by atoms with Crippen LogP contribution in [0.2, 0.25) is 0 Å². The minimum atomic E-state index is -0.890. The number of hydrogen-bond acceptors (Lipinski definition) is 2. The summed E-state index contributed by atoms with van der Waals surface area (Å²) in [6, 6.07) is 17.6. The standard InChI is InChI=1S/C20H22N2O2/c1-15-7-5-6-10-17(15)22-19(24)20(12-13-20)18(23)21-14-11-16-8-3-2-4-9-16/h2-10H,11-14H2,1H3,(H,21,23)(H,22,24). The van der Waals surface area contributed by atoms with Gasteiger partial charge in [0, 0.05) is 12.2 Å². The predicted octanol–water partition coefficient (Wildman–Crippen LogP) is 3.07. The number of carbonyl (C=O) groups excluding carboxylic acids is 2. The van der Waals surface area contributed by atoms with Gasteiger partial charge in [0.1, 0.15) is 5.41 Å². The molecule has 0 aromatic heterocycles. The molecule has 2 N–H and O–H groups in total. The molecule has 1 aliphatic carbocycles. The summed E-state index contributed by atoms with van der Waals surface area (Å²) in [6.07, 6.45) is 1.99. The van der Waals surface area contributed by atoms with E-state index in [4.69, 9.17) is 0 Å². The third-order valence-electron chi connectivity index (χ3n) is 4.55. The molecule has 0 bridgehead atoms. The van der Waals surface area contributed by atoms with Gasteiger partial charge in [0.25, 0.3) is 0 Å². The molecule has 4 nitrogen and oxygen atoms in total. The fraction of sp³-hybridized carbons (Fsp3) is 0.300. The van der Waals surface area contributed by atoms with Crippen molar-refractivity contribution in [2.75, 3.05) is 11.9 Å². The minimum Gasteiger partial charge on any atom is -0.355 e. The van der Waals surface area contributed by atoms with E-state index in [2.05, 4.69) is 10.6 Å². The Bertz CT molecular complexity index is 736. The van der Waals surface area contributed by atoms with Crippen LogP contribution in [0.1, 0.15) is 24.0 Å². The average molecular weight is 322 g/mol. The maximum absolute atomic E-state index is 12.6. The van der Waals surface area contributed by atoms with Crippen LogP contribution in [0.25, 0.3) is 0 Å². The van der Waals surface area contributed by atoms with Crippen molar-refractivity contribution in [2.45, 2.75) is 26.2 Å². The zero-order chi connectivity index (χ0) is 17.0. The van der Waals surface area contributed by atoms with Crippen LogP contribution in [0.5, 0.6) is 0 Å². The molecule has 1 aliphatic rings. The first-order valence-electron chi connectivity index (χ1n) is 8.31. The topological polar surface area (TPSA) is 58.2 Å². The predicted molar refractivity (Wildman–Crippen MR) is 94.6 cm³/mol. The van der Waals surface area contributed by atoms with E-state index >= 15 is 0 Å². The van der Waals surface area contributed by atoms with E-state index < -0.39 is 5.41 Å². The highest BCUT2D eigenvalue weighted by atomic mass is 16.2. The molecular formula is C20H22N2O2. The van der Waals surface area contributed by atoms with Gasteiger partial charge in [-0.25, -0.2) is 0 Å². The summed E-state index contributed by atoms with van der Waals surface area (Å²) in [6.45, 7) is 2.48. The van der Waals surface area contributed by atoms with Crippen LogP contribution in [-0.2, 0) is 16.0 Å². The first kappa shape index (κ1) is 16.2. The van der Waals surface area contributed by atoms with Gasteiger partial charge in [-0.3, -0.25) is 9.59 Å². The van der Waals surface area contributed by atoms with E-state index in [1.54, 1.807) is 0 Å². The number of aryl methyl sites for hydroxylation is 1. The number of carbonyl (C=O) groups is 2. The number of para-hydroxylation sites is 1. The molecule has 2 aromatic rings. The van der Waals surface area contributed by atoms with Crippen molar-refractivity contribution in [1.82, 2.24) is 5.32 Å². The molecule has 2 amide bonds. The molecule has 0 saturated heterocycles. The van der Waals surface area contributed by atoms with E-state index in [0.29, 0.717) is 19.4 Å². The molecule has 0 radical (unpaired) electrons. The van der Waals surface area contributed by atoms with Crippen LogP contribution < -0.4 is 10.6 Å². The van der Waals surface area contributed by atoms with Crippen molar-refractivity contribution >= 4 is 17.5 Å². The van der Waals surface area contributed by atoms with Gasteiger partial charge in [0.2, 0.25) is 11.8 Å². The molecule has 0 unspecified atom stereocenters. The zero-order valence-corrected chi connectivity index (χ0v) is 13.8. The average Bonchev–Trinajstić information content (AvgIpc) is 3.40. The zero-order valence-electron chi connectivity index (χ0n) is 13.8. The normalized spacial score (nSPS) is 14.7. The second-order valence-corrected chi connectivity index (χ2v) is 6.34. The summed E-state index contributed by atoms with van der Waals surface area (Å²) in [7, 11) is 0. The Morgan fingerprint density at radius 2 is 1.62 bits per heavy atom. The van der Waals surface area contributed by atoms with Crippen LogP contribution in [0.4, 0.5) is 5.69 Å². The molecule has 2 aromatic carbocycles. The lowest BCUT2D eigenvalue weighted by atomic mass is 10.0. The highest BCUT2D eigenvalue weighted by Gasteiger charge is 2.56. The van der Waals surface area contributed by atoms with E-state index in [0.717, 1.165) is 17.7 Å². The number of benzene rings is 2. The van der Waals surface area contributed by atoms with Crippen LogP contribution in [0.15, 0.2) is 54.6 Å². The lowest BCUT2D eigenvalue weighted by Gasteiger charge is -2.16. The summed E-state index contributed by atoms with van der Waals surface area (Å²) >= 11 is 0. The van der Waals surface area contributed by atoms with E-state index in [-0.39, 0.29) is 11.8 Å². The van der Waals surface area contributed by atoms with E-state index in [1.807, 2.05) is 61.5 Å². The highest BCUT2D eigenvalue weighted by Crippen LogP contribution is 2.46. The second-order valence-electron chi connectivity index (χ2n) is 6.34. The first-order valence-corrected chi connectivity index (χ1v) is 8.31. The van der Waals surface area contributed by atoms with Crippen molar-refractivity contribution in [1.29, 1.82) is 0 Å². The van der Waals surface area contributed by atoms with Crippen LogP contribution in [-0.4, -0.2) is 18.4 Å². The Morgan fingerprint density at radius 1 is 0.958 bits per heavy atom. The Kier molecular flexibility index (Phi) is 4.65. The third-order valence-corrected chi connectivity index (χ3v) is 4.55. The maximum Gasteiger partial charge on any atom is 0.240 e. The fourth-order valence-electron chi connectivity index (χ4n) is 2.77. The minimum absolute atomic E-state index is 0.162. The number of amides is 2. The SMILES string of the molecule is Cc1ccccc1NC(=O)C1(C(=O)NCCc2ccccc2)CC1. The molecule has 0 atom stereocenters. The van der Waals surface area contributed by atoms with Crippen molar-refractivity contribution in [3.63, 3.8) is 0 Å². The van der Waals surface area contributed by atoms with E-state index in [9.17, 15) is 9.59 Å². The van der Waals surface area contributed by atoms with Crippen molar-refractivity contribution in [3.8, 4) is 0 Å². The van der Waals surface area contributed by atoms with Crippen molar-refractivity contribution in [2.24, 2.45) is 5.41 Å². The molecule has 1 saturated carbocycles. The molecule has 0 heterocycles. The summed E-state index contributed by atoms with van der Waals surface area (Å²) in [5.41, 5.74) is 2.04. The number of rotatable bonds is 6. The lowest BCUT2D eigenvalue weighted by Crippen LogP contribution is -2.40. The summed E-state index contributed by atoms with van der Waals surface area (Å²) < 4.78 is 0. The smallest absolute Gasteiger partial charge is 0.240 e. The van der Waals surface area contributed by atoms with Gasteiger partial charge in [-0.1, -0.05) is 48.5 Å². The van der Waals surface area contributed by atoms with Gasteiger partial charge in [-0.15, -0.1) is 0 Å². The Morgan fingerprint density at radius 3 is 2.29 bits per heavy atom. The number of nitrogens with one attached hydrogen (secondary N) is 2. The van der Waals surface area contributed by atoms with Crippen molar-refractivity contribution < 1.29 is 9.59 Å². The Hall–Kier alpha value is -2.62. The van der Waals surface area contributed by atoms with Gasteiger partial charge in [0.15, 0.2) is 0 Å². The van der Waals surface area contributed by atoms with Gasteiger partial charge < -0.3 is 10.6 Å². The summed E-state index contributed by atoms with van der Waals surface area (Å²) in [5.74, 6) is -0.362. The molecule has 24 heavy (non-hydrogen) atoms. The second kappa shape index (κ2) is 6.87. The van der Waals surface area contributed by atoms with E-state index in [1.165, 1.54) is 5.56 Å². The Labute approximate surface area is 142 Å². The van der Waals surface area contributed by atoms with Crippen LogP contribution >= 0.6 is 0 Å². The summed E-state index contributed by atoms with van der Waals surface area (Å²) in [5, 5.41) is 5.82. The largest absolute Gasteiger partial charge is 0.355 e.